The molecular weight excluding hydrogens is 493 g/mol. The van der Waals surface area contributed by atoms with Gasteiger partial charge in [0, 0.05) is 18.7 Å². The third-order valence-corrected chi connectivity index (χ3v) is 6.88. The van der Waals surface area contributed by atoms with Crippen LogP contribution in [-0.2, 0) is 19.6 Å². The summed E-state index contributed by atoms with van der Waals surface area (Å²) in [4.78, 5) is 23.7. The van der Waals surface area contributed by atoms with E-state index in [9.17, 15) is 27.5 Å². The molecule has 0 aliphatic carbocycles. The molecule has 10 nitrogen and oxygen atoms in total. The van der Waals surface area contributed by atoms with Gasteiger partial charge < -0.3 is 19.9 Å². The second-order valence-corrected chi connectivity index (χ2v) is 11.2. The maximum Gasteiger partial charge on any atom is 0.412 e. The van der Waals surface area contributed by atoms with Gasteiger partial charge in [0.15, 0.2) is 0 Å². The summed E-state index contributed by atoms with van der Waals surface area (Å²) in [6.45, 7) is 6.53. The number of nitrogens with one attached hydrogen (secondary N) is 2. The van der Waals surface area contributed by atoms with Crippen LogP contribution in [0.25, 0.3) is 0 Å². The van der Waals surface area contributed by atoms with Crippen LogP contribution < -0.4 is 19.7 Å². The Balaban J connectivity index is 1.91. The molecule has 1 unspecified atom stereocenters. The molecule has 12 heteroatoms. The van der Waals surface area contributed by atoms with Crippen molar-refractivity contribution in [1.29, 1.82) is 0 Å². The molecule has 2 amide bonds. The first-order valence-electron chi connectivity index (χ1n) is 11.3. The number of amides is 2. The van der Waals surface area contributed by atoms with Gasteiger partial charge in [-0.25, -0.2) is 17.6 Å². The first kappa shape index (κ1) is 27.2. The third-order valence-electron chi connectivity index (χ3n) is 5.08. The summed E-state index contributed by atoms with van der Waals surface area (Å²) in [5, 5.41) is 14.5. The zero-order chi connectivity index (χ0) is 26.7. The highest BCUT2D eigenvalue weighted by molar-refractivity contribution is 7.92. The quantitative estimate of drug-likeness (QED) is 0.508. The van der Waals surface area contributed by atoms with Crippen molar-refractivity contribution in [3.8, 4) is 5.75 Å². The lowest BCUT2D eigenvalue weighted by atomic mass is 10.1. The molecule has 0 saturated heterocycles. The highest BCUT2D eigenvalue weighted by Crippen LogP contribution is 2.39. The average molecular weight is 524 g/mol. The normalized spacial score (nSPS) is 16.4. The zero-order valence-corrected chi connectivity index (χ0v) is 21.3. The Kier molecular flexibility index (Phi) is 8.09. The standard InChI is InChI=1S/C24H30FN3O7S/c1-15(29)22(30)26-12-11-18-14-28(36(32,33)19-8-5-16(25)6-9-19)20-13-17(7-10-21(20)34-18)27-23(31)35-24(2,3)4/h5-10,13,15,18,29H,11-12,14H2,1-4H3,(H,26,30)(H,27,31)/t15?,18-/m0/s1. The maximum atomic E-state index is 13.5. The monoisotopic (exact) mass is 523 g/mol. The number of aliphatic hydroxyl groups is 1. The molecule has 0 bridgehead atoms. The summed E-state index contributed by atoms with van der Waals surface area (Å²) >= 11 is 0. The number of anilines is 2. The number of sulfonamides is 1. The molecule has 2 aromatic rings. The molecule has 1 aliphatic heterocycles. The number of hydrogen-bond donors (Lipinski definition) is 3. The fourth-order valence-electron chi connectivity index (χ4n) is 3.43. The Morgan fingerprint density at radius 2 is 1.89 bits per heavy atom. The van der Waals surface area contributed by atoms with Gasteiger partial charge in [0.1, 0.15) is 29.4 Å². The van der Waals surface area contributed by atoms with Gasteiger partial charge in [0.05, 0.1) is 17.1 Å². The fraction of sp³-hybridized carbons (Fsp3) is 0.417. The number of rotatable bonds is 7. The lowest BCUT2D eigenvalue weighted by Crippen LogP contribution is -2.45. The van der Waals surface area contributed by atoms with Gasteiger partial charge in [-0.2, -0.15) is 0 Å². The molecule has 1 heterocycles. The van der Waals surface area contributed by atoms with Crippen LogP contribution >= 0.6 is 0 Å². The third kappa shape index (κ3) is 6.85. The first-order chi connectivity index (χ1) is 16.8. The van der Waals surface area contributed by atoms with Crippen LogP contribution in [0, 0.1) is 5.82 Å². The Hall–Kier alpha value is -3.38. The van der Waals surface area contributed by atoms with Gasteiger partial charge in [0.2, 0.25) is 5.91 Å². The van der Waals surface area contributed by atoms with Crippen molar-refractivity contribution >= 4 is 33.4 Å². The Labute approximate surface area is 209 Å². The van der Waals surface area contributed by atoms with Crippen molar-refractivity contribution in [2.45, 2.75) is 56.8 Å². The van der Waals surface area contributed by atoms with E-state index in [0.717, 1.165) is 16.4 Å². The van der Waals surface area contributed by atoms with Crippen LogP contribution in [-0.4, -0.2) is 56.4 Å². The molecule has 3 N–H and O–H groups in total. The molecule has 196 valence electrons. The van der Waals surface area contributed by atoms with Gasteiger partial charge >= 0.3 is 6.09 Å². The molecule has 2 aromatic carbocycles. The van der Waals surface area contributed by atoms with Crippen LogP contribution in [0.2, 0.25) is 0 Å². The fourth-order valence-corrected chi connectivity index (χ4v) is 4.93. The molecule has 0 radical (unpaired) electrons. The van der Waals surface area contributed by atoms with Crippen molar-refractivity contribution in [3.63, 3.8) is 0 Å². The SMILES string of the molecule is CC(O)C(=O)NCC[C@H]1CN(S(=O)(=O)c2ccc(F)cc2)c2cc(NC(=O)OC(C)(C)C)ccc2O1. The summed E-state index contributed by atoms with van der Waals surface area (Å²) in [6, 6.07) is 8.96. The topological polar surface area (TPSA) is 134 Å². The average Bonchev–Trinajstić information content (AvgIpc) is 2.77. The predicted molar refractivity (Wildman–Crippen MR) is 131 cm³/mol. The van der Waals surface area contributed by atoms with E-state index in [1.54, 1.807) is 26.8 Å². The summed E-state index contributed by atoms with van der Waals surface area (Å²) in [7, 11) is -4.14. The highest BCUT2D eigenvalue weighted by Gasteiger charge is 2.35. The second kappa shape index (κ2) is 10.7. The molecule has 0 aromatic heterocycles. The summed E-state index contributed by atoms with van der Waals surface area (Å²) in [5.74, 6) is -0.889. The van der Waals surface area contributed by atoms with E-state index in [-0.39, 0.29) is 41.5 Å². The van der Waals surface area contributed by atoms with Crippen LogP contribution in [0.15, 0.2) is 47.4 Å². The van der Waals surface area contributed by atoms with Gasteiger partial charge in [0.25, 0.3) is 10.0 Å². The smallest absolute Gasteiger partial charge is 0.412 e. The first-order valence-corrected chi connectivity index (χ1v) is 12.7. The van der Waals surface area contributed by atoms with Gasteiger partial charge in [-0.1, -0.05) is 0 Å². The lowest BCUT2D eigenvalue weighted by molar-refractivity contribution is -0.128. The van der Waals surface area contributed by atoms with Gasteiger partial charge in [-0.15, -0.1) is 0 Å². The highest BCUT2D eigenvalue weighted by atomic mass is 32.2. The summed E-state index contributed by atoms with van der Waals surface area (Å²) < 4.78 is 52.9. The number of hydrogen-bond acceptors (Lipinski definition) is 7. The van der Waals surface area contributed by atoms with Crippen molar-refractivity contribution in [1.82, 2.24) is 5.32 Å². The summed E-state index contributed by atoms with van der Waals surface area (Å²) in [5.41, 5.74) is -0.263. The van der Waals surface area contributed by atoms with E-state index >= 15 is 0 Å². The van der Waals surface area contributed by atoms with Crippen molar-refractivity contribution in [2.24, 2.45) is 0 Å². The van der Waals surface area contributed by atoms with Crippen LogP contribution in [0.4, 0.5) is 20.6 Å². The Morgan fingerprint density at radius 1 is 1.22 bits per heavy atom. The molecule has 0 saturated carbocycles. The predicted octanol–water partition coefficient (Wildman–Crippen LogP) is 3.02. The molecule has 0 spiro atoms. The number of halogens is 1. The summed E-state index contributed by atoms with van der Waals surface area (Å²) in [6.07, 6.45) is -2.26. The number of aliphatic hydroxyl groups excluding tert-OH is 1. The minimum Gasteiger partial charge on any atom is -0.486 e. The van der Waals surface area contributed by atoms with E-state index in [1.165, 1.54) is 31.2 Å². The van der Waals surface area contributed by atoms with E-state index in [1.807, 2.05) is 0 Å². The molecule has 3 rings (SSSR count). The van der Waals surface area contributed by atoms with Crippen LogP contribution in [0.1, 0.15) is 34.1 Å². The minimum absolute atomic E-state index is 0.104. The second-order valence-electron chi connectivity index (χ2n) is 9.29. The van der Waals surface area contributed by atoms with Crippen molar-refractivity contribution in [3.05, 3.63) is 48.3 Å². The van der Waals surface area contributed by atoms with E-state index < -0.39 is 45.6 Å². The molecule has 0 fully saturated rings. The van der Waals surface area contributed by atoms with E-state index in [2.05, 4.69) is 10.6 Å². The number of carbonyl (C=O) groups excluding carboxylic acids is 2. The Morgan fingerprint density at radius 3 is 2.50 bits per heavy atom. The molecular formula is C24H30FN3O7S. The lowest BCUT2D eigenvalue weighted by Gasteiger charge is -2.36. The number of nitrogens with zero attached hydrogens (tertiary/aromatic N) is 1. The zero-order valence-electron chi connectivity index (χ0n) is 20.4. The largest absolute Gasteiger partial charge is 0.486 e. The molecule has 36 heavy (non-hydrogen) atoms. The number of fused-ring (bicyclic) bond motifs is 1. The number of benzene rings is 2. The number of ether oxygens (including phenoxy) is 2. The van der Waals surface area contributed by atoms with E-state index in [4.69, 9.17) is 9.47 Å². The van der Waals surface area contributed by atoms with Gasteiger partial charge in [-0.05, 0) is 70.2 Å². The molecule has 2 atom stereocenters. The van der Waals surface area contributed by atoms with Crippen LogP contribution in [0.5, 0.6) is 5.75 Å². The van der Waals surface area contributed by atoms with Crippen molar-refractivity contribution in [2.75, 3.05) is 22.7 Å². The molecule has 1 aliphatic rings. The van der Waals surface area contributed by atoms with Crippen molar-refractivity contribution < 1.29 is 37.0 Å². The maximum absolute atomic E-state index is 13.5. The van der Waals surface area contributed by atoms with E-state index in [0.29, 0.717) is 0 Å². The Bertz CT molecular complexity index is 1210. The minimum atomic E-state index is -4.14. The number of carbonyl (C=O) groups is 2. The van der Waals surface area contributed by atoms with Crippen LogP contribution in [0.3, 0.4) is 0 Å². The van der Waals surface area contributed by atoms with Gasteiger partial charge in [-0.3, -0.25) is 14.4 Å².